The zero-order valence-corrected chi connectivity index (χ0v) is 23.0. The first-order valence-corrected chi connectivity index (χ1v) is 14.2. The highest BCUT2D eigenvalue weighted by Crippen LogP contribution is 2.33. The zero-order chi connectivity index (χ0) is 26.7. The van der Waals surface area contributed by atoms with Gasteiger partial charge in [0, 0.05) is 29.6 Å². The highest BCUT2D eigenvalue weighted by molar-refractivity contribution is 6.07. The van der Waals surface area contributed by atoms with Crippen LogP contribution in [0.5, 0.6) is 0 Å². The van der Waals surface area contributed by atoms with Crippen molar-refractivity contribution in [2.75, 3.05) is 11.9 Å². The number of aromatic amines is 1. The summed E-state index contributed by atoms with van der Waals surface area (Å²) in [5.41, 5.74) is 4.73. The number of hydrogen-bond acceptors (Lipinski definition) is 4. The lowest BCUT2D eigenvalue weighted by molar-refractivity contribution is -0.116. The van der Waals surface area contributed by atoms with Crippen molar-refractivity contribution < 1.29 is 4.79 Å². The van der Waals surface area contributed by atoms with Gasteiger partial charge < -0.3 is 15.6 Å². The number of H-pyrrole nitrogens is 1. The van der Waals surface area contributed by atoms with Crippen LogP contribution in [0.3, 0.4) is 0 Å². The summed E-state index contributed by atoms with van der Waals surface area (Å²) in [6.07, 6.45) is 12.5. The number of nitrogens with zero attached hydrogens (tertiary/aromatic N) is 2. The van der Waals surface area contributed by atoms with Crippen molar-refractivity contribution in [1.82, 2.24) is 20.3 Å². The maximum atomic E-state index is 12.1. The van der Waals surface area contributed by atoms with E-state index in [1.54, 1.807) is 6.08 Å². The van der Waals surface area contributed by atoms with E-state index in [9.17, 15) is 4.79 Å². The summed E-state index contributed by atoms with van der Waals surface area (Å²) in [6, 6.07) is 16.2. The van der Waals surface area contributed by atoms with Crippen LogP contribution in [0.25, 0.3) is 28.0 Å². The second-order valence-electron chi connectivity index (χ2n) is 10.0. The van der Waals surface area contributed by atoms with E-state index < -0.39 is 0 Å². The molecule has 3 N–H and O–H groups in total. The highest BCUT2D eigenvalue weighted by Gasteiger charge is 2.18. The molecule has 0 atom stereocenters. The number of anilines is 2. The van der Waals surface area contributed by atoms with Gasteiger partial charge in [-0.1, -0.05) is 83.2 Å². The highest BCUT2D eigenvalue weighted by atomic mass is 16.1. The predicted molar refractivity (Wildman–Crippen MR) is 160 cm³/mol. The van der Waals surface area contributed by atoms with Crippen molar-refractivity contribution in [3.05, 3.63) is 66.0 Å². The lowest BCUT2D eigenvalue weighted by atomic mass is 9.98. The molecule has 0 aliphatic carbocycles. The molecule has 6 nitrogen and oxygen atoms in total. The van der Waals surface area contributed by atoms with Gasteiger partial charge in [-0.2, -0.15) is 0 Å². The summed E-state index contributed by atoms with van der Waals surface area (Å²) in [6.45, 7) is 7.38. The molecule has 0 radical (unpaired) electrons. The van der Waals surface area contributed by atoms with Crippen molar-refractivity contribution in [1.29, 1.82) is 0 Å². The first-order chi connectivity index (χ1) is 18.6. The van der Waals surface area contributed by atoms with E-state index in [0.717, 1.165) is 89.9 Å². The number of pyridine rings is 1. The first-order valence-electron chi connectivity index (χ1n) is 14.2. The molecule has 4 rings (SSSR count). The van der Waals surface area contributed by atoms with Gasteiger partial charge in [0.25, 0.3) is 0 Å². The van der Waals surface area contributed by atoms with Gasteiger partial charge in [-0.05, 0) is 49.1 Å². The van der Waals surface area contributed by atoms with Crippen LogP contribution in [-0.2, 0) is 4.79 Å². The molecule has 6 heteroatoms. The summed E-state index contributed by atoms with van der Waals surface area (Å²) in [7, 11) is 0. The lowest BCUT2D eigenvalue weighted by Gasteiger charge is -2.11. The molecule has 0 fully saturated rings. The number of rotatable bonds is 14. The van der Waals surface area contributed by atoms with Gasteiger partial charge in [-0.25, -0.2) is 9.97 Å². The summed E-state index contributed by atoms with van der Waals surface area (Å²) in [5, 5.41) is 7.53. The van der Waals surface area contributed by atoms with E-state index >= 15 is 0 Å². The molecule has 0 bridgehead atoms. The van der Waals surface area contributed by atoms with Crippen LogP contribution < -0.4 is 10.6 Å². The Morgan fingerprint density at radius 1 is 0.921 bits per heavy atom. The summed E-state index contributed by atoms with van der Waals surface area (Å²) >= 11 is 0. The normalized spacial score (nSPS) is 11.7. The monoisotopic (exact) mass is 511 g/mol. The Kier molecular flexibility index (Phi) is 9.90. The summed E-state index contributed by atoms with van der Waals surface area (Å²) in [4.78, 5) is 25.8. The van der Waals surface area contributed by atoms with Crippen LogP contribution in [-0.4, -0.2) is 27.4 Å². The third kappa shape index (κ3) is 7.00. The molecule has 4 aromatic rings. The van der Waals surface area contributed by atoms with Crippen molar-refractivity contribution in [2.24, 2.45) is 0 Å². The summed E-state index contributed by atoms with van der Waals surface area (Å²) in [5.74, 6) is 2.19. The van der Waals surface area contributed by atoms with E-state index in [1.165, 1.54) is 12.8 Å². The third-order valence-electron chi connectivity index (χ3n) is 6.94. The van der Waals surface area contributed by atoms with Crippen LogP contribution >= 0.6 is 0 Å². The molecule has 1 amide bonds. The average molecular weight is 512 g/mol. The van der Waals surface area contributed by atoms with Gasteiger partial charge in [0.15, 0.2) is 5.82 Å². The van der Waals surface area contributed by atoms with Crippen LogP contribution in [0.1, 0.15) is 89.4 Å². The molecule has 0 unspecified atom stereocenters. The quantitative estimate of drug-likeness (QED) is 0.118. The molecule has 2 aromatic carbocycles. The lowest BCUT2D eigenvalue weighted by Crippen LogP contribution is -2.21. The van der Waals surface area contributed by atoms with Gasteiger partial charge in [0.1, 0.15) is 16.9 Å². The number of carbonyl (C=O) groups is 1. The molecular weight excluding hydrogens is 470 g/mol. The molecule has 0 aliphatic rings. The van der Waals surface area contributed by atoms with E-state index in [0.29, 0.717) is 5.92 Å². The maximum Gasteiger partial charge on any atom is 0.243 e. The number of unbranched alkanes of at least 4 members (excludes halogenated alkanes) is 3. The fourth-order valence-electron chi connectivity index (χ4n) is 4.91. The van der Waals surface area contributed by atoms with Gasteiger partial charge in [0.2, 0.25) is 5.91 Å². The second-order valence-corrected chi connectivity index (χ2v) is 10.0. The van der Waals surface area contributed by atoms with Gasteiger partial charge in [-0.3, -0.25) is 4.79 Å². The topological polar surface area (TPSA) is 82.7 Å². The Labute approximate surface area is 226 Å². The molecule has 2 heterocycles. The Morgan fingerprint density at radius 2 is 1.68 bits per heavy atom. The van der Waals surface area contributed by atoms with E-state index in [2.05, 4.69) is 42.5 Å². The zero-order valence-electron chi connectivity index (χ0n) is 23.0. The SMILES string of the molecule is CCCCCCNC(=O)/C=C/c1ccc(Nc2nc3ccccc3c3nc(C(CCC)CCC)[nH]c23)cc1. The van der Waals surface area contributed by atoms with Crippen molar-refractivity contribution in [3.63, 3.8) is 0 Å². The Bertz CT molecular complexity index is 1350. The minimum atomic E-state index is -0.0500. The number of amides is 1. The van der Waals surface area contributed by atoms with Crippen LogP contribution in [0.4, 0.5) is 11.5 Å². The number of hydrogen-bond donors (Lipinski definition) is 3. The summed E-state index contributed by atoms with van der Waals surface area (Å²) < 4.78 is 0. The smallest absolute Gasteiger partial charge is 0.243 e. The molecule has 2 aromatic heterocycles. The molecule has 200 valence electrons. The van der Waals surface area contributed by atoms with Gasteiger partial charge >= 0.3 is 0 Å². The van der Waals surface area contributed by atoms with E-state index in [4.69, 9.17) is 9.97 Å². The van der Waals surface area contributed by atoms with Crippen LogP contribution in [0, 0.1) is 0 Å². The fraction of sp³-hybridized carbons (Fsp3) is 0.406. The number of nitrogens with one attached hydrogen (secondary N) is 3. The largest absolute Gasteiger partial charge is 0.353 e. The number of benzene rings is 2. The fourth-order valence-corrected chi connectivity index (χ4v) is 4.91. The standard InChI is InChI=1S/C32H41N5O/c1-4-7-8-11-22-33-28(38)21-18-23-16-19-25(20-17-23)34-32-30-29(26-14-9-10-15-27(26)35-32)36-31(37-30)24(12-5-2)13-6-3/h9-10,14-21,24H,4-8,11-13,22H2,1-3H3,(H,33,38)(H,34,35)(H,36,37)/b21-18+. The third-order valence-corrected chi connectivity index (χ3v) is 6.94. The van der Waals surface area contributed by atoms with E-state index in [1.807, 2.05) is 48.5 Å². The van der Waals surface area contributed by atoms with Crippen molar-refractivity contribution in [3.8, 4) is 0 Å². The van der Waals surface area contributed by atoms with Crippen molar-refractivity contribution >= 4 is 45.4 Å². The van der Waals surface area contributed by atoms with Crippen LogP contribution in [0.15, 0.2) is 54.6 Å². The van der Waals surface area contributed by atoms with Crippen LogP contribution in [0.2, 0.25) is 0 Å². The van der Waals surface area contributed by atoms with Crippen molar-refractivity contribution in [2.45, 2.75) is 78.1 Å². The molecule has 0 spiro atoms. The van der Waals surface area contributed by atoms with Gasteiger partial charge in [0.05, 0.1) is 5.52 Å². The second kappa shape index (κ2) is 13.8. The minimum Gasteiger partial charge on any atom is -0.353 e. The predicted octanol–water partition coefficient (Wildman–Crippen LogP) is 8.25. The minimum absolute atomic E-state index is 0.0500. The first kappa shape index (κ1) is 27.4. The Balaban J connectivity index is 1.52. The molecule has 38 heavy (non-hydrogen) atoms. The Hall–Kier alpha value is -3.67. The molecule has 0 aliphatic heterocycles. The average Bonchev–Trinajstić information content (AvgIpc) is 3.39. The number of fused-ring (bicyclic) bond motifs is 3. The molecule has 0 saturated carbocycles. The number of aromatic nitrogens is 3. The number of carbonyl (C=O) groups excluding carboxylic acids is 1. The van der Waals surface area contributed by atoms with Gasteiger partial charge in [-0.15, -0.1) is 0 Å². The number of imidazole rings is 1. The number of para-hydroxylation sites is 1. The Morgan fingerprint density at radius 3 is 2.42 bits per heavy atom. The van der Waals surface area contributed by atoms with E-state index in [-0.39, 0.29) is 5.91 Å². The maximum absolute atomic E-state index is 12.1. The molecular formula is C32H41N5O. The molecule has 0 saturated heterocycles.